The summed E-state index contributed by atoms with van der Waals surface area (Å²) in [5.41, 5.74) is 0. The molecule has 86 valence electrons. The van der Waals surface area contributed by atoms with Gasteiger partial charge in [0.25, 0.3) is 0 Å². The molecule has 0 aliphatic rings. The first kappa shape index (κ1) is 13.6. The summed E-state index contributed by atoms with van der Waals surface area (Å²) < 4.78 is 9.39. The summed E-state index contributed by atoms with van der Waals surface area (Å²) in [6, 6.07) is 0. The van der Waals surface area contributed by atoms with Gasteiger partial charge < -0.3 is 14.3 Å². The summed E-state index contributed by atoms with van der Waals surface area (Å²) in [7, 11) is 0. The lowest BCUT2D eigenvalue weighted by atomic mass is 9.96. The zero-order chi connectivity index (χ0) is 11.8. The Balaban J connectivity index is 4.63. The van der Waals surface area contributed by atoms with Crippen LogP contribution in [0.4, 0.5) is 0 Å². The molecule has 0 spiro atoms. The van der Waals surface area contributed by atoms with E-state index < -0.39 is 23.8 Å². The van der Waals surface area contributed by atoms with E-state index in [2.05, 4.69) is 0 Å². The molecule has 0 heterocycles. The maximum Gasteiger partial charge on any atom is 0.321 e. The van der Waals surface area contributed by atoms with E-state index >= 15 is 0 Å². The maximum absolute atomic E-state index is 11.4. The van der Waals surface area contributed by atoms with E-state index in [1.807, 2.05) is 0 Å². The first-order valence-corrected chi connectivity index (χ1v) is 4.87. The average molecular weight is 216 g/mol. The molecule has 0 radical (unpaired) electrons. The molecular formula is C10H16O5. The van der Waals surface area contributed by atoms with E-state index in [1.54, 1.807) is 13.8 Å². The monoisotopic (exact) mass is 216 g/mol. The minimum absolute atomic E-state index is 0.167. The Hall–Kier alpha value is -1.39. The highest BCUT2D eigenvalue weighted by Crippen LogP contribution is 2.13. The van der Waals surface area contributed by atoms with Crippen LogP contribution in [0, 0.1) is 11.8 Å². The predicted molar refractivity (Wildman–Crippen MR) is 52.0 cm³/mol. The standard InChI is InChI=1S/C10H16O5/c1-4-14-9(12)8(7(3)6-11)10(13)15-5-2/h6-8H,4-5H2,1-3H3. The third-order valence-corrected chi connectivity index (χ3v) is 1.82. The molecular weight excluding hydrogens is 200 g/mol. The second kappa shape index (κ2) is 6.98. The third-order valence-electron chi connectivity index (χ3n) is 1.82. The molecule has 0 aromatic heterocycles. The van der Waals surface area contributed by atoms with Crippen molar-refractivity contribution in [1.29, 1.82) is 0 Å². The Morgan fingerprint density at radius 2 is 1.53 bits per heavy atom. The fraction of sp³-hybridized carbons (Fsp3) is 0.700. The summed E-state index contributed by atoms with van der Waals surface area (Å²) in [4.78, 5) is 33.3. The van der Waals surface area contributed by atoms with Gasteiger partial charge in [-0.05, 0) is 13.8 Å². The first-order valence-electron chi connectivity index (χ1n) is 4.87. The highest BCUT2D eigenvalue weighted by Gasteiger charge is 2.34. The second-order valence-corrected chi connectivity index (χ2v) is 2.98. The van der Waals surface area contributed by atoms with Gasteiger partial charge in [-0.3, -0.25) is 9.59 Å². The van der Waals surface area contributed by atoms with Gasteiger partial charge in [-0.25, -0.2) is 0 Å². The lowest BCUT2D eigenvalue weighted by Crippen LogP contribution is -2.34. The van der Waals surface area contributed by atoms with Gasteiger partial charge in [0.2, 0.25) is 0 Å². The molecule has 0 N–H and O–H groups in total. The van der Waals surface area contributed by atoms with Crippen LogP contribution in [0.15, 0.2) is 0 Å². The highest BCUT2D eigenvalue weighted by atomic mass is 16.6. The van der Waals surface area contributed by atoms with Gasteiger partial charge in [-0.1, -0.05) is 6.92 Å². The molecule has 0 fully saturated rings. The van der Waals surface area contributed by atoms with Crippen molar-refractivity contribution in [2.45, 2.75) is 20.8 Å². The molecule has 1 atom stereocenters. The molecule has 0 rings (SSSR count). The number of aldehydes is 1. The minimum atomic E-state index is -1.15. The molecule has 0 saturated heterocycles. The van der Waals surface area contributed by atoms with Gasteiger partial charge in [-0.15, -0.1) is 0 Å². The van der Waals surface area contributed by atoms with Crippen LogP contribution < -0.4 is 0 Å². The molecule has 0 aromatic carbocycles. The normalized spacial score (nSPS) is 12.0. The fourth-order valence-electron chi connectivity index (χ4n) is 1.07. The molecule has 0 bridgehead atoms. The van der Waals surface area contributed by atoms with E-state index in [1.165, 1.54) is 6.92 Å². The highest BCUT2D eigenvalue weighted by molar-refractivity contribution is 5.97. The summed E-state index contributed by atoms with van der Waals surface area (Å²) in [5.74, 6) is -3.31. The van der Waals surface area contributed by atoms with Crippen molar-refractivity contribution in [1.82, 2.24) is 0 Å². The average Bonchev–Trinajstić information content (AvgIpc) is 2.18. The lowest BCUT2D eigenvalue weighted by Gasteiger charge is -2.16. The largest absolute Gasteiger partial charge is 0.465 e. The van der Waals surface area contributed by atoms with Crippen molar-refractivity contribution in [2.24, 2.45) is 11.8 Å². The summed E-state index contributed by atoms with van der Waals surface area (Å²) in [6.07, 6.45) is 0.540. The number of hydrogen-bond donors (Lipinski definition) is 0. The smallest absolute Gasteiger partial charge is 0.321 e. The Morgan fingerprint density at radius 1 is 1.13 bits per heavy atom. The predicted octanol–water partition coefficient (Wildman–Crippen LogP) is 0.564. The van der Waals surface area contributed by atoms with Crippen LogP contribution in [0.3, 0.4) is 0 Å². The van der Waals surface area contributed by atoms with E-state index in [4.69, 9.17) is 9.47 Å². The van der Waals surface area contributed by atoms with Crippen molar-refractivity contribution in [2.75, 3.05) is 13.2 Å². The molecule has 15 heavy (non-hydrogen) atoms. The quantitative estimate of drug-likeness (QED) is 0.368. The Morgan fingerprint density at radius 3 is 1.80 bits per heavy atom. The fourth-order valence-corrected chi connectivity index (χ4v) is 1.07. The Bertz CT molecular complexity index is 218. The molecule has 5 heteroatoms. The molecule has 0 aliphatic carbocycles. The van der Waals surface area contributed by atoms with Crippen LogP contribution in [-0.2, 0) is 23.9 Å². The first-order chi connectivity index (χ1) is 7.08. The minimum Gasteiger partial charge on any atom is -0.465 e. The number of carbonyl (C=O) groups excluding carboxylic acids is 3. The van der Waals surface area contributed by atoms with Gasteiger partial charge >= 0.3 is 11.9 Å². The summed E-state index contributed by atoms with van der Waals surface area (Å²) >= 11 is 0. The zero-order valence-corrected chi connectivity index (χ0v) is 9.19. The number of esters is 2. The molecule has 0 amide bonds. The van der Waals surface area contributed by atoms with Crippen LogP contribution in [-0.4, -0.2) is 31.4 Å². The van der Waals surface area contributed by atoms with Crippen LogP contribution >= 0.6 is 0 Å². The van der Waals surface area contributed by atoms with Crippen molar-refractivity contribution in [3.05, 3.63) is 0 Å². The Kier molecular flexibility index (Phi) is 6.33. The third kappa shape index (κ3) is 4.10. The number of ether oxygens (including phenoxy) is 2. The van der Waals surface area contributed by atoms with Crippen LogP contribution in [0.2, 0.25) is 0 Å². The van der Waals surface area contributed by atoms with Crippen LogP contribution in [0.1, 0.15) is 20.8 Å². The van der Waals surface area contributed by atoms with Gasteiger partial charge in [-0.2, -0.15) is 0 Å². The number of carbonyl (C=O) groups is 3. The van der Waals surface area contributed by atoms with Crippen LogP contribution in [0.5, 0.6) is 0 Å². The van der Waals surface area contributed by atoms with Crippen molar-refractivity contribution >= 4 is 18.2 Å². The van der Waals surface area contributed by atoms with E-state index in [9.17, 15) is 14.4 Å². The summed E-state index contributed by atoms with van der Waals surface area (Å²) in [5, 5.41) is 0. The molecule has 0 aliphatic heterocycles. The van der Waals surface area contributed by atoms with Gasteiger partial charge in [0.05, 0.1) is 13.2 Å². The van der Waals surface area contributed by atoms with E-state index in [0.717, 1.165) is 0 Å². The van der Waals surface area contributed by atoms with Crippen LogP contribution in [0.25, 0.3) is 0 Å². The number of rotatable bonds is 6. The van der Waals surface area contributed by atoms with Gasteiger partial charge in [0.1, 0.15) is 6.29 Å². The summed E-state index contributed by atoms with van der Waals surface area (Å²) in [6.45, 7) is 5.07. The molecule has 5 nitrogen and oxygen atoms in total. The molecule has 0 aromatic rings. The molecule has 0 saturated carbocycles. The topological polar surface area (TPSA) is 69.7 Å². The zero-order valence-electron chi connectivity index (χ0n) is 9.19. The van der Waals surface area contributed by atoms with Gasteiger partial charge in [0.15, 0.2) is 5.92 Å². The maximum atomic E-state index is 11.4. The van der Waals surface area contributed by atoms with Crippen molar-refractivity contribution in [3.63, 3.8) is 0 Å². The lowest BCUT2D eigenvalue weighted by molar-refractivity contribution is -0.164. The SMILES string of the molecule is CCOC(=O)C(C(=O)OCC)C(C)C=O. The van der Waals surface area contributed by atoms with Crippen molar-refractivity contribution in [3.8, 4) is 0 Å². The van der Waals surface area contributed by atoms with Gasteiger partial charge in [0, 0.05) is 5.92 Å². The number of hydrogen-bond acceptors (Lipinski definition) is 5. The molecule has 1 unspecified atom stereocenters. The van der Waals surface area contributed by atoms with Crippen molar-refractivity contribution < 1.29 is 23.9 Å². The Labute approximate surface area is 88.7 Å². The van der Waals surface area contributed by atoms with E-state index in [-0.39, 0.29) is 13.2 Å². The van der Waals surface area contributed by atoms with E-state index in [0.29, 0.717) is 6.29 Å². The second-order valence-electron chi connectivity index (χ2n) is 2.98.